The zero-order chi connectivity index (χ0) is 20.7. The van der Waals surface area contributed by atoms with E-state index in [0.717, 1.165) is 25.7 Å². The summed E-state index contributed by atoms with van der Waals surface area (Å²) >= 11 is 0. The van der Waals surface area contributed by atoms with E-state index in [4.69, 9.17) is 10.5 Å². The zero-order valence-corrected chi connectivity index (χ0v) is 15.7. The van der Waals surface area contributed by atoms with Crippen molar-refractivity contribution in [3.8, 4) is 11.1 Å². The number of H-pyrrole nitrogens is 1. The van der Waals surface area contributed by atoms with Crippen molar-refractivity contribution in [1.82, 2.24) is 4.98 Å². The van der Waals surface area contributed by atoms with Crippen molar-refractivity contribution in [2.45, 2.75) is 39.2 Å². The van der Waals surface area contributed by atoms with Gasteiger partial charge in [-0.05, 0) is 17.5 Å². The summed E-state index contributed by atoms with van der Waals surface area (Å²) in [5.74, 6) is -3.36. The molecule has 1 aromatic carbocycles. The molecule has 0 aliphatic rings. The van der Waals surface area contributed by atoms with Crippen LogP contribution in [0.1, 0.15) is 58.9 Å². The summed E-state index contributed by atoms with van der Waals surface area (Å²) in [6.45, 7) is 2.81. The smallest absolute Gasteiger partial charge is 0.342 e. The lowest BCUT2D eigenvalue weighted by atomic mass is 9.92. The fourth-order valence-electron chi connectivity index (χ4n) is 3.02. The summed E-state index contributed by atoms with van der Waals surface area (Å²) in [6.07, 6.45) is 4.18. The quantitative estimate of drug-likeness (QED) is 0.458. The molecule has 0 amide bonds. The molecule has 0 aliphatic carbocycles. The van der Waals surface area contributed by atoms with E-state index < -0.39 is 34.4 Å². The maximum atomic E-state index is 12.2. The van der Waals surface area contributed by atoms with Gasteiger partial charge in [-0.15, -0.1) is 0 Å². The molecule has 8 nitrogen and oxygen atoms in total. The summed E-state index contributed by atoms with van der Waals surface area (Å²) in [4.78, 5) is 37.7. The number of nitrogen functional groups attached to an aromatic ring is 1. The van der Waals surface area contributed by atoms with Gasteiger partial charge in [-0.2, -0.15) is 0 Å². The number of nitrogens with one attached hydrogen (secondary N) is 1. The third-order valence-corrected chi connectivity index (χ3v) is 4.36. The first-order chi connectivity index (χ1) is 13.4. The summed E-state index contributed by atoms with van der Waals surface area (Å²) < 4.78 is 5.68. The minimum Gasteiger partial charge on any atom is -0.478 e. The average Bonchev–Trinajstić information content (AvgIpc) is 2.63. The number of carbonyl (C=O) groups is 2. The maximum absolute atomic E-state index is 12.2. The van der Waals surface area contributed by atoms with E-state index in [-0.39, 0.29) is 12.2 Å². The van der Waals surface area contributed by atoms with Crippen molar-refractivity contribution >= 4 is 17.8 Å². The van der Waals surface area contributed by atoms with Gasteiger partial charge < -0.3 is 25.7 Å². The van der Waals surface area contributed by atoms with Crippen LogP contribution < -0.4 is 11.3 Å². The zero-order valence-electron chi connectivity index (χ0n) is 15.7. The summed E-state index contributed by atoms with van der Waals surface area (Å²) in [5, 5.41) is 19.1. The van der Waals surface area contributed by atoms with Crippen LogP contribution in [0.5, 0.6) is 0 Å². The highest BCUT2D eigenvalue weighted by atomic mass is 16.5. The van der Waals surface area contributed by atoms with E-state index in [9.17, 15) is 24.6 Å². The Balaban J connectivity index is 2.49. The first-order valence-corrected chi connectivity index (χ1v) is 9.06. The van der Waals surface area contributed by atoms with Crippen molar-refractivity contribution < 1.29 is 24.5 Å². The molecule has 8 heteroatoms. The lowest BCUT2D eigenvalue weighted by molar-refractivity contribution is 0.0695. The number of aromatic carboxylic acids is 2. The Kier molecular flexibility index (Phi) is 7.34. The molecule has 0 fully saturated rings. The molecule has 28 heavy (non-hydrogen) atoms. The highest BCUT2D eigenvalue weighted by Gasteiger charge is 2.27. The molecule has 1 aromatic heterocycles. The number of nitrogens with two attached hydrogens (primary N) is 1. The lowest BCUT2D eigenvalue weighted by Gasteiger charge is -2.15. The predicted octanol–water partition coefficient (Wildman–Crippen LogP) is 3.12. The van der Waals surface area contributed by atoms with Gasteiger partial charge in [0, 0.05) is 12.2 Å². The summed E-state index contributed by atoms with van der Waals surface area (Å²) in [6, 6.07) is 6.63. The van der Waals surface area contributed by atoms with Crippen molar-refractivity contribution in [1.29, 1.82) is 0 Å². The van der Waals surface area contributed by atoms with Crippen molar-refractivity contribution in [3.05, 3.63) is 51.3 Å². The number of hydrogen-bond donors (Lipinski definition) is 4. The largest absolute Gasteiger partial charge is 0.478 e. The number of benzene rings is 1. The van der Waals surface area contributed by atoms with Crippen LogP contribution >= 0.6 is 0 Å². The number of carboxylic acids is 2. The molecule has 1 heterocycles. The normalized spacial score (nSPS) is 10.8. The number of ether oxygens (including phenoxy) is 1. The van der Waals surface area contributed by atoms with Gasteiger partial charge in [-0.25, -0.2) is 9.59 Å². The first-order valence-electron chi connectivity index (χ1n) is 9.06. The molecular weight excluding hydrogens is 364 g/mol. The van der Waals surface area contributed by atoms with E-state index in [1.165, 1.54) is 0 Å². The van der Waals surface area contributed by atoms with Gasteiger partial charge in [-0.3, -0.25) is 4.79 Å². The first kappa shape index (κ1) is 21.2. The van der Waals surface area contributed by atoms with Gasteiger partial charge in [0.05, 0.1) is 6.61 Å². The van der Waals surface area contributed by atoms with Gasteiger partial charge in [-0.1, -0.05) is 50.5 Å². The highest BCUT2D eigenvalue weighted by molar-refractivity contribution is 6.07. The minimum atomic E-state index is -1.53. The third kappa shape index (κ3) is 4.77. The Morgan fingerprint density at radius 1 is 1.07 bits per heavy atom. The fraction of sp³-hybridized carbons (Fsp3) is 0.350. The monoisotopic (exact) mass is 388 g/mol. The molecule has 0 radical (unpaired) electrons. The van der Waals surface area contributed by atoms with E-state index in [1.54, 1.807) is 24.3 Å². The van der Waals surface area contributed by atoms with Crippen molar-refractivity contribution in [3.63, 3.8) is 0 Å². The molecule has 0 unspecified atom stereocenters. The molecule has 0 saturated carbocycles. The molecule has 0 saturated heterocycles. The Hall–Kier alpha value is -3.13. The number of carboxylic acid groups (broad SMARTS) is 2. The highest BCUT2D eigenvalue weighted by Crippen LogP contribution is 2.32. The van der Waals surface area contributed by atoms with Crippen LogP contribution in [0.3, 0.4) is 0 Å². The van der Waals surface area contributed by atoms with Crippen molar-refractivity contribution in [2.75, 3.05) is 12.3 Å². The van der Waals surface area contributed by atoms with E-state index in [1.807, 2.05) is 0 Å². The topological polar surface area (TPSA) is 143 Å². The fourth-order valence-corrected chi connectivity index (χ4v) is 3.02. The average molecular weight is 388 g/mol. The van der Waals surface area contributed by atoms with Crippen molar-refractivity contribution in [2.24, 2.45) is 0 Å². The molecule has 0 atom stereocenters. The standard InChI is InChI=1S/C20H24N2O6/c1-2-3-4-7-10-28-11-12-8-5-6-9-13(12)14-15(19(24)25)17(21)22-18(23)16(14)20(26)27/h5-6,8-9H,2-4,7,10-11H2,1H3,(H,24,25)(H,26,27)(H3,21,22,23). The van der Waals surface area contributed by atoms with Gasteiger partial charge in [0.1, 0.15) is 16.9 Å². The number of aromatic nitrogens is 1. The minimum absolute atomic E-state index is 0.160. The molecule has 150 valence electrons. The summed E-state index contributed by atoms with van der Waals surface area (Å²) in [7, 11) is 0. The second-order valence-electron chi connectivity index (χ2n) is 6.37. The molecule has 0 aliphatic heterocycles. The van der Waals surface area contributed by atoms with Gasteiger partial charge >= 0.3 is 11.9 Å². The molecule has 2 aromatic rings. The van der Waals surface area contributed by atoms with Crippen LogP contribution in [0.4, 0.5) is 5.82 Å². The second-order valence-corrected chi connectivity index (χ2v) is 6.37. The number of aromatic amines is 1. The maximum Gasteiger partial charge on any atom is 0.342 e. The van der Waals surface area contributed by atoms with Crippen LogP contribution in [0.25, 0.3) is 11.1 Å². The molecule has 0 spiro atoms. The molecular formula is C20H24N2O6. The van der Waals surface area contributed by atoms with E-state index >= 15 is 0 Å². The van der Waals surface area contributed by atoms with Crippen LogP contribution in [0.2, 0.25) is 0 Å². The van der Waals surface area contributed by atoms with Crippen LogP contribution in [-0.4, -0.2) is 33.7 Å². The number of anilines is 1. The summed E-state index contributed by atoms with van der Waals surface area (Å²) in [5.41, 5.74) is 4.27. The third-order valence-electron chi connectivity index (χ3n) is 4.36. The predicted molar refractivity (Wildman–Crippen MR) is 105 cm³/mol. The Morgan fingerprint density at radius 2 is 1.75 bits per heavy atom. The number of unbranched alkanes of at least 4 members (excludes halogenated alkanes) is 3. The van der Waals surface area contributed by atoms with Crippen LogP contribution in [0, 0.1) is 0 Å². The molecule has 0 bridgehead atoms. The number of hydrogen-bond acceptors (Lipinski definition) is 5. The van der Waals surface area contributed by atoms with Crippen LogP contribution in [0.15, 0.2) is 29.1 Å². The van der Waals surface area contributed by atoms with Gasteiger partial charge in [0.2, 0.25) is 0 Å². The SMILES string of the molecule is CCCCCCOCc1ccccc1-c1c(C(=O)O)c(N)[nH]c(=O)c1C(=O)O. The van der Waals surface area contributed by atoms with Gasteiger partial charge in [0.25, 0.3) is 5.56 Å². The molecule has 2 rings (SSSR count). The van der Waals surface area contributed by atoms with E-state index in [2.05, 4.69) is 11.9 Å². The number of pyridine rings is 1. The van der Waals surface area contributed by atoms with Gasteiger partial charge in [0.15, 0.2) is 0 Å². The van der Waals surface area contributed by atoms with Crippen LogP contribution in [-0.2, 0) is 11.3 Å². The molecule has 5 N–H and O–H groups in total. The lowest BCUT2D eigenvalue weighted by Crippen LogP contribution is -2.24. The Bertz CT molecular complexity index is 919. The number of rotatable bonds is 10. The Labute approximate surface area is 162 Å². The van der Waals surface area contributed by atoms with E-state index in [0.29, 0.717) is 17.7 Å². The Morgan fingerprint density at radius 3 is 2.39 bits per heavy atom. The second kappa shape index (κ2) is 9.70.